The van der Waals surface area contributed by atoms with E-state index >= 15 is 0 Å². The minimum Gasteiger partial charge on any atom is -0.362 e. The number of non-ortho nitro benzene ring substituents is 1. The lowest BCUT2D eigenvalue weighted by Crippen LogP contribution is -2.57. The maximum Gasteiger partial charge on any atom is 0.438 e. The lowest BCUT2D eigenvalue weighted by Gasteiger charge is -2.32. The zero-order valence-corrected chi connectivity index (χ0v) is 14.1. The molecule has 1 aromatic heterocycles. The van der Waals surface area contributed by atoms with Crippen molar-refractivity contribution in [1.29, 1.82) is 0 Å². The quantitative estimate of drug-likeness (QED) is 0.633. The Balaban J connectivity index is 1.90. The van der Waals surface area contributed by atoms with Gasteiger partial charge in [-0.3, -0.25) is 19.9 Å². The van der Waals surface area contributed by atoms with Crippen LogP contribution in [0.1, 0.15) is 17.5 Å². The molecule has 0 fully saturated rings. The summed E-state index contributed by atoms with van der Waals surface area (Å²) in [6.07, 6.45) is -3.91. The smallest absolute Gasteiger partial charge is 0.362 e. The number of aliphatic hydroxyl groups is 1. The Labute approximate surface area is 156 Å². The van der Waals surface area contributed by atoms with Gasteiger partial charge in [0.05, 0.1) is 23.5 Å². The standard InChI is InChI=1S/C17H13F3N4O4/c18-17(19,20)16(26)9-14(12-2-1-7-21-10-12)22-23(16)15(25)8-11-3-5-13(6-4-11)24(27)28/h1-7,10,26H,8-9H2/t16-/m0/s1. The van der Waals surface area contributed by atoms with Crippen molar-refractivity contribution in [3.05, 3.63) is 70.0 Å². The van der Waals surface area contributed by atoms with E-state index in [1.165, 1.54) is 36.7 Å². The number of pyridine rings is 1. The molecule has 2 aromatic rings. The van der Waals surface area contributed by atoms with Crippen LogP contribution in [0.3, 0.4) is 0 Å². The molecule has 0 radical (unpaired) electrons. The van der Waals surface area contributed by atoms with Crippen LogP contribution in [0.2, 0.25) is 0 Å². The van der Waals surface area contributed by atoms with Crippen LogP contribution < -0.4 is 0 Å². The van der Waals surface area contributed by atoms with Gasteiger partial charge in [-0.15, -0.1) is 0 Å². The molecule has 1 aliphatic heterocycles. The first-order valence-electron chi connectivity index (χ1n) is 7.95. The van der Waals surface area contributed by atoms with Crippen LogP contribution in [0.4, 0.5) is 18.9 Å². The van der Waals surface area contributed by atoms with E-state index in [4.69, 9.17) is 0 Å². The SMILES string of the molecule is O=C(Cc1ccc([N+](=O)[O-])cc1)N1N=C(c2cccnc2)C[C@]1(O)C(F)(F)F. The predicted molar refractivity (Wildman–Crippen MR) is 90.0 cm³/mol. The zero-order chi connectivity index (χ0) is 20.5. The van der Waals surface area contributed by atoms with E-state index in [1.807, 2.05) is 0 Å². The van der Waals surface area contributed by atoms with Gasteiger partial charge in [0.1, 0.15) is 0 Å². The molecule has 1 atom stereocenters. The highest BCUT2D eigenvalue weighted by atomic mass is 19.4. The van der Waals surface area contributed by atoms with Gasteiger partial charge in [-0.2, -0.15) is 23.3 Å². The largest absolute Gasteiger partial charge is 0.438 e. The molecule has 1 N–H and O–H groups in total. The van der Waals surface area contributed by atoms with Gasteiger partial charge < -0.3 is 5.11 Å². The van der Waals surface area contributed by atoms with Crippen molar-refractivity contribution >= 4 is 17.3 Å². The molecular formula is C17H13F3N4O4. The predicted octanol–water partition coefficient (Wildman–Crippen LogP) is 2.42. The molecule has 0 aliphatic carbocycles. The lowest BCUT2D eigenvalue weighted by molar-refractivity contribution is -0.384. The van der Waals surface area contributed by atoms with E-state index in [1.54, 1.807) is 0 Å². The first-order valence-corrected chi connectivity index (χ1v) is 7.95. The van der Waals surface area contributed by atoms with Gasteiger partial charge in [0.2, 0.25) is 5.91 Å². The second-order valence-corrected chi connectivity index (χ2v) is 6.09. The number of amides is 1. The zero-order valence-electron chi connectivity index (χ0n) is 14.1. The average molecular weight is 394 g/mol. The van der Waals surface area contributed by atoms with Crippen LogP contribution in [-0.4, -0.2) is 43.5 Å². The fourth-order valence-electron chi connectivity index (χ4n) is 2.71. The van der Waals surface area contributed by atoms with Gasteiger partial charge in [0.15, 0.2) is 0 Å². The number of hydrazone groups is 1. The summed E-state index contributed by atoms with van der Waals surface area (Å²) in [5.74, 6) is -1.10. The number of alkyl halides is 3. The number of benzene rings is 1. The summed E-state index contributed by atoms with van der Waals surface area (Å²) in [7, 11) is 0. The molecule has 3 rings (SSSR count). The number of nitrogens with zero attached hydrogens (tertiary/aromatic N) is 4. The van der Waals surface area contributed by atoms with Crippen molar-refractivity contribution in [3.63, 3.8) is 0 Å². The third-order valence-corrected chi connectivity index (χ3v) is 4.17. The highest BCUT2D eigenvalue weighted by molar-refractivity contribution is 6.03. The Bertz CT molecular complexity index is 932. The fourth-order valence-corrected chi connectivity index (χ4v) is 2.71. The number of nitro benzene ring substituents is 1. The molecule has 1 aliphatic rings. The number of halogens is 3. The van der Waals surface area contributed by atoms with Gasteiger partial charge in [0.25, 0.3) is 11.4 Å². The molecule has 0 unspecified atom stereocenters. The number of hydrogen-bond acceptors (Lipinski definition) is 6. The topological polar surface area (TPSA) is 109 Å². The van der Waals surface area contributed by atoms with Gasteiger partial charge in [0, 0.05) is 30.1 Å². The van der Waals surface area contributed by atoms with Gasteiger partial charge in [-0.25, -0.2) is 0 Å². The second kappa shape index (κ2) is 7.00. The Morgan fingerprint density at radius 3 is 2.50 bits per heavy atom. The summed E-state index contributed by atoms with van der Waals surface area (Å²) in [6.45, 7) is 0. The maximum atomic E-state index is 13.5. The molecule has 11 heteroatoms. The number of aromatic nitrogens is 1. The minimum absolute atomic E-state index is 0.0245. The Morgan fingerprint density at radius 2 is 1.96 bits per heavy atom. The summed E-state index contributed by atoms with van der Waals surface area (Å²) in [5.41, 5.74) is -3.36. The Morgan fingerprint density at radius 1 is 1.29 bits per heavy atom. The lowest BCUT2D eigenvalue weighted by atomic mass is 10.0. The van der Waals surface area contributed by atoms with Crippen molar-refractivity contribution in [2.75, 3.05) is 0 Å². The number of carbonyl (C=O) groups is 1. The molecule has 0 saturated heterocycles. The molecule has 2 heterocycles. The monoisotopic (exact) mass is 394 g/mol. The third-order valence-electron chi connectivity index (χ3n) is 4.17. The maximum absolute atomic E-state index is 13.5. The van der Waals surface area contributed by atoms with E-state index in [-0.39, 0.29) is 27.5 Å². The van der Waals surface area contributed by atoms with Crippen molar-refractivity contribution in [2.45, 2.75) is 24.7 Å². The Hall–Kier alpha value is -3.34. The minimum atomic E-state index is -5.15. The van der Waals surface area contributed by atoms with E-state index in [2.05, 4.69) is 10.1 Å². The molecular weight excluding hydrogens is 381 g/mol. The van der Waals surface area contributed by atoms with Crippen LogP contribution in [-0.2, 0) is 11.2 Å². The van der Waals surface area contributed by atoms with Crippen LogP contribution in [0.25, 0.3) is 0 Å². The van der Waals surface area contributed by atoms with Crippen LogP contribution in [0.15, 0.2) is 53.9 Å². The third kappa shape index (κ3) is 3.56. The van der Waals surface area contributed by atoms with E-state index in [0.29, 0.717) is 0 Å². The summed E-state index contributed by atoms with van der Waals surface area (Å²) in [5, 5.41) is 24.6. The summed E-state index contributed by atoms with van der Waals surface area (Å²) >= 11 is 0. The molecule has 0 spiro atoms. The van der Waals surface area contributed by atoms with E-state index in [9.17, 15) is 33.2 Å². The summed E-state index contributed by atoms with van der Waals surface area (Å²) in [4.78, 5) is 26.3. The first-order chi connectivity index (χ1) is 13.1. The van der Waals surface area contributed by atoms with Crippen molar-refractivity contribution in [3.8, 4) is 0 Å². The highest BCUT2D eigenvalue weighted by Crippen LogP contribution is 2.41. The summed E-state index contributed by atoms with van der Waals surface area (Å²) < 4.78 is 40.6. The van der Waals surface area contributed by atoms with E-state index < -0.39 is 35.6 Å². The van der Waals surface area contributed by atoms with Crippen molar-refractivity contribution < 1.29 is 28.0 Å². The van der Waals surface area contributed by atoms with Gasteiger partial charge in [-0.05, 0) is 11.6 Å². The molecule has 0 saturated carbocycles. The van der Waals surface area contributed by atoms with Crippen LogP contribution in [0.5, 0.6) is 0 Å². The summed E-state index contributed by atoms with van der Waals surface area (Å²) in [6, 6.07) is 7.73. The van der Waals surface area contributed by atoms with Gasteiger partial charge in [-0.1, -0.05) is 18.2 Å². The van der Waals surface area contributed by atoms with Crippen molar-refractivity contribution in [2.24, 2.45) is 5.10 Å². The first kappa shape index (κ1) is 19.4. The number of nitro groups is 1. The average Bonchev–Trinajstić information content (AvgIpc) is 3.02. The normalized spacial score (nSPS) is 19.4. The van der Waals surface area contributed by atoms with Crippen LogP contribution >= 0.6 is 0 Å². The van der Waals surface area contributed by atoms with Crippen molar-refractivity contribution in [1.82, 2.24) is 9.99 Å². The van der Waals surface area contributed by atoms with Crippen LogP contribution in [0, 0.1) is 10.1 Å². The van der Waals surface area contributed by atoms with E-state index in [0.717, 1.165) is 12.1 Å². The molecule has 28 heavy (non-hydrogen) atoms. The highest BCUT2D eigenvalue weighted by Gasteiger charge is 2.63. The second-order valence-electron chi connectivity index (χ2n) is 6.09. The Kier molecular flexibility index (Phi) is 4.86. The number of rotatable bonds is 4. The molecule has 1 amide bonds. The molecule has 146 valence electrons. The van der Waals surface area contributed by atoms with Gasteiger partial charge >= 0.3 is 6.18 Å². The number of hydrogen-bond donors (Lipinski definition) is 1. The number of carbonyl (C=O) groups excluding carboxylic acids is 1. The molecule has 8 nitrogen and oxygen atoms in total. The fraction of sp³-hybridized carbons (Fsp3) is 0.235. The molecule has 0 bridgehead atoms. The molecule has 1 aromatic carbocycles.